The number of carbonyl (C=O) groups excluding carboxylic acids is 1. The largest absolute Gasteiger partial charge is 0.378 e. The Labute approximate surface area is 152 Å². The molecule has 0 unspecified atom stereocenters. The lowest BCUT2D eigenvalue weighted by Gasteiger charge is -2.36. The summed E-state index contributed by atoms with van der Waals surface area (Å²) in [5.74, 6) is 1.75. The van der Waals surface area contributed by atoms with Gasteiger partial charge in [-0.2, -0.15) is 0 Å². The molecule has 2 aromatic rings. The minimum Gasteiger partial charge on any atom is -0.378 e. The molecule has 8 nitrogen and oxygen atoms in total. The number of anilines is 2. The molecule has 0 atom stereocenters. The number of nitrogens with zero attached hydrogens (tertiary/aromatic N) is 6. The first kappa shape index (κ1) is 16.7. The summed E-state index contributed by atoms with van der Waals surface area (Å²) >= 11 is 0. The fourth-order valence-electron chi connectivity index (χ4n) is 3.27. The number of morpholine rings is 1. The minimum atomic E-state index is -0.0518. The Morgan fingerprint density at radius 2 is 1.62 bits per heavy atom. The highest BCUT2D eigenvalue weighted by atomic mass is 16.5. The van der Waals surface area contributed by atoms with Gasteiger partial charge >= 0.3 is 0 Å². The van der Waals surface area contributed by atoms with Crippen LogP contribution in [0.3, 0.4) is 0 Å². The molecule has 26 heavy (non-hydrogen) atoms. The zero-order chi connectivity index (χ0) is 17.8. The highest BCUT2D eigenvalue weighted by Gasteiger charge is 2.23. The van der Waals surface area contributed by atoms with Gasteiger partial charge in [-0.15, -0.1) is 0 Å². The number of hydrogen-bond donors (Lipinski definition) is 0. The summed E-state index contributed by atoms with van der Waals surface area (Å²) in [5.41, 5.74) is 0.448. The van der Waals surface area contributed by atoms with Gasteiger partial charge in [0.15, 0.2) is 0 Å². The fraction of sp³-hybridized carbons (Fsp3) is 0.444. The first-order valence-corrected chi connectivity index (χ1v) is 8.91. The summed E-state index contributed by atoms with van der Waals surface area (Å²) in [4.78, 5) is 31.8. The highest BCUT2D eigenvalue weighted by molar-refractivity contribution is 5.93. The van der Waals surface area contributed by atoms with Crippen LogP contribution in [0, 0.1) is 0 Å². The summed E-state index contributed by atoms with van der Waals surface area (Å²) < 4.78 is 5.31. The van der Waals surface area contributed by atoms with Gasteiger partial charge in [0.25, 0.3) is 5.91 Å². The number of hydrogen-bond acceptors (Lipinski definition) is 7. The van der Waals surface area contributed by atoms with E-state index in [0.29, 0.717) is 32.0 Å². The smallest absolute Gasteiger partial charge is 0.272 e. The van der Waals surface area contributed by atoms with E-state index in [-0.39, 0.29) is 5.91 Å². The minimum absolute atomic E-state index is 0.0518. The second kappa shape index (κ2) is 7.65. The van der Waals surface area contributed by atoms with Crippen molar-refractivity contribution in [3.8, 4) is 0 Å². The van der Waals surface area contributed by atoms with E-state index in [9.17, 15) is 4.79 Å². The van der Waals surface area contributed by atoms with Crippen LogP contribution < -0.4 is 9.80 Å². The van der Waals surface area contributed by atoms with Crippen molar-refractivity contribution in [3.05, 3.63) is 42.5 Å². The van der Waals surface area contributed by atoms with Crippen molar-refractivity contribution in [1.82, 2.24) is 19.9 Å². The molecular weight excluding hydrogens is 332 g/mol. The first-order valence-electron chi connectivity index (χ1n) is 8.91. The van der Waals surface area contributed by atoms with E-state index in [1.165, 1.54) is 6.33 Å². The van der Waals surface area contributed by atoms with E-state index >= 15 is 0 Å². The van der Waals surface area contributed by atoms with Gasteiger partial charge in [-0.05, 0) is 12.1 Å². The molecule has 0 spiro atoms. The zero-order valence-corrected chi connectivity index (χ0v) is 14.6. The van der Waals surface area contributed by atoms with Crippen LogP contribution in [0.5, 0.6) is 0 Å². The van der Waals surface area contributed by atoms with Crippen molar-refractivity contribution in [1.29, 1.82) is 0 Å². The quantitative estimate of drug-likeness (QED) is 0.802. The summed E-state index contributed by atoms with van der Waals surface area (Å²) in [6.07, 6.45) is 3.30. The maximum atomic E-state index is 12.6. The maximum Gasteiger partial charge on any atom is 0.272 e. The van der Waals surface area contributed by atoms with Gasteiger partial charge in [-0.1, -0.05) is 6.07 Å². The van der Waals surface area contributed by atoms with Gasteiger partial charge in [0.1, 0.15) is 23.7 Å². The average Bonchev–Trinajstić information content (AvgIpc) is 2.75. The number of ether oxygens (including phenoxy) is 1. The molecule has 0 N–H and O–H groups in total. The number of carbonyl (C=O) groups is 1. The standard InChI is InChI=1S/C18H22N6O2/c25-18(24-9-11-26-12-10-24)15-13-17(21-14-20-15)23-7-5-22(6-8-23)16-3-1-2-4-19-16/h1-4,13-14H,5-12H2. The number of pyridine rings is 1. The molecule has 0 aliphatic carbocycles. The number of piperazine rings is 1. The number of rotatable bonds is 3. The van der Waals surface area contributed by atoms with Crippen molar-refractivity contribution in [2.24, 2.45) is 0 Å². The Balaban J connectivity index is 1.42. The predicted octanol–water partition coefficient (Wildman–Crippen LogP) is 0.671. The lowest BCUT2D eigenvalue weighted by Crippen LogP contribution is -2.47. The van der Waals surface area contributed by atoms with Crippen LogP contribution in [0.15, 0.2) is 36.8 Å². The van der Waals surface area contributed by atoms with E-state index in [1.54, 1.807) is 11.0 Å². The molecule has 1 amide bonds. The Kier molecular flexibility index (Phi) is 4.92. The summed E-state index contributed by atoms with van der Waals surface area (Å²) in [5, 5.41) is 0. The van der Waals surface area contributed by atoms with Gasteiger partial charge in [0.2, 0.25) is 0 Å². The third-order valence-corrected chi connectivity index (χ3v) is 4.75. The van der Waals surface area contributed by atoms with Gasteiger partial charge in [0.05, 0.1) is 13.2 Å². The average molecular weight is 354 g/mol. The van der Waals surface area contributed by atoms with Crippen LogP contribution in [-0.2, 0) is 4.74 Å². The molecule has 2 saturated heterocycles. The summed E-state index contributed by atoms with van der Waals surface area (Å²) in [7, 11) is 0. The topological polar surface area (TPSA) is 74.7 Å². The predicted molar refractivity (Wildman–Crippen MR) is 97.4 cm³/mol. The zero-order valence-electron chi connectivity index (χ0n) is 14.6. The van der Waals surface area contributed by atoms with E-state index in [4.69, 9.17) is 4.74 Å². The second-order valence-electron chi connectivity index (χ2n) is 6.33. The molecule has 2 aliphatic heterocycles. The Morgan fingerprint density at radius 1 is 0.885 bits per heavy atom. The highest BCUT2D eigenvalue weighted by Crippen LogP contribution is 2.18. The Morgan fingerprint density at radius 3 is 2.31 bits per heavy atom. The molecule has 4 heterocycles. The lowest BCUT2D eigenvalue weighted by molar-refractivity contribution is 0.0299. The second-order valence-corrected chi connectivity index (χ2v) is 6.33. The number of amides is 1. The van der Waals surface area contributed by atoms with Gasteiger partial charge in [-0.25, -0.2) is 15.0 Å². The molecule has 8 heteroatoms. The van der Waals surface area contributed by atoms with Crippen LogP contribution in [0.4, 0.5) is 11.6 Å². The van der Waals surface area contributed by atoms with E-state index in [1.807, 2.05) is 24.4 Å². The van der Waals surface area contributed by atoms with E-state index < -0.39 is 0 Å². The SMILES string of the molecule is O=C(c1cc(N2CCN(c3ccccn3)CC2)ncn1)N1CCOCC1. The Bertz CT molecular complexity index is 742. The lowest BCUT2D eigenvalue weighted by atomic mass is 10.2. The third-order valence-electron chi connectivity index (χ3n) is 4.75. The Hall–Kier alpha value is -2.74. The van der Waals surface area contributed by atoms with Crippen molar-refractivity contribution in [2.75, 3.05) is 62.3 Å². The van der Waals surface area contributed by atoms with Crippen LogP contribution in [0.1, 0.15) is 10.5 Å². The molecule has 0 radical (unpaired) electrons. The van der Waals surface area contributed by atoms with Crippen LogP contribution in [0.25, 0.3) is 0 Å². The molecule has 2 aromatic heterocycles. The molecule has 136 valence electrons. The molecule has 4 rings (SSSR count). The fourth-order valence-corrected chi connectivity index (χ4v) is 3.27. The maximum absolute atomic E-state index is 12.6. The van der Waals surface area contributed by atoms with Crippen molar-refractivity contribution in [3.63, 3.8) is 0 Å². The van der Waals surface area contributed by atoms with Crippen molar-refractivity contribution in [2.45, 2.75) is 0 Å². The van der Waals surface area contributed by atoms with Crippen molar-refractivity contribution >= 4 is 17.5 Å². The normalized spacial score (nSPS) is 18.1. The van der Waals surface area contributed by atoms with Crippen LogP contribution >= 0.6 is 0 Å². The molecule has 2 fully saturated rings. The van der Waals surface area contributed by atoms with Crippen LogP contribution in [-0.4, -0.2) is 78.2 Å². The molecular formula is C18H22N6O2. The molecule has 2 aliphatic rings. The van der Waals surface area contributed by atoms with Crippen LogP contribution in [0.2, 0.25) is 0 Å². The first-order chi connectivity index (χ1) is 12.8. The monoisotopic (exact) mass is 354 g/mol. The molecule has 0 saturated carbocycles. The molecule has 0 bridgehead atoms. The third kappa shape index (κ3) is 3.60. The summed E-state index contributed by atoms with van der Waals surface area (Å²) in [6, 6.07) is 7.75. The van der Waals surface area contributed by atoms with Gasteiger partial charge < -0.3 is 19.4 Å². The van der Waals surface area contributed by atoms with E-state index in [0.717, 1.165) is 37.8 Å². The van der Waals surface area contributed by atoms with Gasteiger partial charge in [0, 0.05) is 51.5 Å². The van der Waals surface area contributed by atoms with Crippen molar-refractivity contribution < 1.29 is 9.53 Å². The van der Waals surface area contributed by atoms with Gasteiger partial charge in [-0.3, -0.25) is 4.79 Å². The molecule has 0 aromatic carbocycles. The summed E-state index contributed by atoms with van der Waals surface area (Å²) in [6.45, 7) is 5.79. The van der Waals surface area contributed by atoms with E-state index in [2.05, 4.69) is 24.8 Å². The number of aromatic nitrogens is 3.